The van der Waals surface area contributed by atoms with E-state index < -0.39 is 11.5 Å². The number of anilines is 1. The highest BCUT2D eigenvalue weighted by Crippen LogP contribution is 2.28. The van der Waals surface area contributed by atoms with Crippen molar-refractivity contribution < 1.29 is 14.7 Å². The van der Waals surface area contributed by atoms with Crippen LogP contribution in [0.1, 0.15) is 25.3 Å². The lowest BCUT2D eigenvalue weighted by Gasteiger charge is -2.30. The molecule has 0 bridgehead atoms. The summed E-state index contributed by atoms with van der Waals surface area (Å²) in [4.78, 5) is 25.2. The van der Waals surface area contributed by atoms with Crippen LogP contribution in [0.3, 0.4) is 0 Å². The van der Waals surface area contributed by atoms with E-state index in [1.807, 2.05) is 31.2 Å². The molecule has 0 saturated carbocycles. The van der Waals surface area contributed by atoms with Gasteiger partial charge in [0.05, 0.1) is 6.54 Å². The van der Waals surface area contributed by atoms with Gasteiger partial charge in [0.15, 0.2) is 0 Å². The molecule has 5 nitrogen and oxygen atoms in total. The maximum atomic E-state index is 12.1. The zero-order valence-electron chi connectivity index (χ0n) is 11.8. The van der Waals surface area contributed by atoms with Crippen LogP contribution in [0.4, 0.5) is 5.69 Å². The third-order valence-electron chi connectivity index (χ3n) is 4.00. The normalized spacial score (nSPS) is 22.7. The molecule has 1 heterocycles. The summed E-state index contributed by atoms with van der Waals surface area (Å²) < 4.78 is 0. The lowest BCUT2D eigenvalue weighted by molar-refractivity contribution is -0.149. The molecule has 108 valence electrons. The molecule has 1 aromatic carbocycles. The number of nitrogens with zero attached hydrogens (tertiary/aromatic N) is 1. The number of para-hydroxylation sites is 1. The lowest BCUT2D eigenvalue weighted by Crippen LogP contribution is -2.50. The van der Waals surface area contributed by atoms with Crippen LogP contribution in [-0.4, -0.2) is 40.5 Å². The fourth-order valence-electron chi connectivity index (χ4n) is 2.59. The van der Waals surface area contributed by atoms with Crippen LogP contribution in [0.15, 0.2) is 24.3 Å². The molecule has 2 rings (SSSR count). The van der Waals surface area contributed by atoms with Gasteiger partial charge >= 0.3 is 5.97 Å². The second kappa shape index (κ2) is 5.63. The quantitative estimate of drug-likeness (QED) is 0.881. The van der Waals surface area contributed by atoms with Gasteiger partial charge in [-0.25, -0.2) is 0 Å². The summed E-state index contributed by atoms with van der Waals surface area (Å²) >= 11 is 0. The Balaban J connectivity index is 2.02. The summed E-state index contributed by atoms with van der Waals surface area (Å²) in [5.41, 5.74) is 0.834. The first-order chi connectivity index (χ1) is 9.43. The van der Waals surface area contributed by atoms with E-state index in [1.54, 1.807) is 11.8 Å². The second-order valence-corrected chi connectivity index (χ2v) is 5.47. The SMILES string of the molecule is Cc1ccccc1NC(=O)CN1CCCC1(C)C(=O)O. The third-order valence-corrected chi connectivity index (χ3v) is 4.00. The number of carboxylic acid groups (broad SMARTS) is 1. The Bertz CT molecular complexity index is 530. The van der Waals surface area contributed by atoms with Crippen LogP contribution >= 0.6 is 0 Å². The highest BCUT2D eigenvalue weighted by molar-refractivity contribution is 5.93. The number of rotatable bonds is 4. The highest BCUT2D eigenvalue weighted by atomic mass is 16.4. The number of carboxylic acids is 1. The predicted molar refractivity (Wildman–Crippen MR) is 76.7 cm³/mol. The van der Waals surface area contributed by atoms with E-state index in [9.17, 15) is 14.7 Å². The van der Waals surface area contributed by atoms with Crippen LogP contribution < -0.4 is 5.32 Å². The van der Waals surface area contributed by atoms with Crippen molar-refractivity contribution in [3.63, 3.8) is 0 Å². The monoisotopic (exact) mass is 276 g/mol. The average molecular weight is 276 g/mol. The molecule has 0 aliphatic carbocycles. The van der Waals surface area contributed by atoms with Crippen molar-refractivity contribution >= 4 is 17.6 Å². The van der Waals surface area contributed by atoms with Crippen molar-refractivity contribution in [2.75, 3.05) is 18.4 Å². The van der Waals surface area contributed by atoms with Gasteiger partial charge in [-0.15, -0.1) is 0 Å². The van der Waals surface area contributed by atoms with Crippen LogP contribution in [-0.2, 0) is 9.59 Å². The Kier molecular flexibility index (Phi) is 4.09. The standard InChI is InChI=1S/C15H20N2O3/c1-11-6-3-4-7-12(11)16-13(18)10-17-9-5-8-15(17,2)14(19)20/h3-4,6-7H,5,8-10H2,1-2H3,(H,16,18)(H,19,20). The topological polar surface area (TPSA) is 69.6 Å². The molecule has 20 heavy (non-hydrogen) atoms. The summed E-state index contributed by atoms with van der Waals surface area (Å²) in [6.07, 6.45) is 1.39. The maximum absolute atomic E-state index is 12.1. The van der Waals surface area contributed by atoms with Crippen LogP contribution in [0.25, 0.3) is 0 Å². The molecule has 2 N–H and O–H groups in total. The molecule has 1 aliphatic rings. The third kappa shape index (κ3) is 2.82. The van der Waals surface area contributed by atoms with E-state index >= 15 is 0 Å². The fraction of sp³-hybridized carbons (Fsp3) is 0.467. The minimum absolute atomic E-state index is 0.108. The van der Waals surface area contributed by atoms with Gasteiger partial charge in [0.25, 0.3) is 0 Å². The van der Waals surface area contributed by atoms with Crippen molar-refractivity contribution in [1.29, 1.82) is 0 Å². The second-order valence-electron chi connectivity index (χ2n) is 5.47. The van der Waals surface area contributed by atoms with Gasteiger partial charge in [0.1, 0.15) is 5.54 Å². The smallest absolute Gasteiger partial charge is 0.323 e. The zero-order chi connectivity index (χ0) is 14.8. The van der Waals surface area contributed by atoms with Crippen molar-refractivity contribution in [2.45, 2.75) is 32.2 Å². The Morgan fingerprint density at radius 2 is 2.10 bits per heavy atom. The number of hydrogen-bond acceptors (Lipinski definition) is 3. The number of nitrogens with one attached hydrogen (secondary N) is 1. The molecular weight excluding hydrogens is 256 g/mol. The summed E-state index contributed by atoms with van der Waals surface area (Å²) in [6, 6.07) is 7.53. The molecule has 0 radical (unpaired) electrons. The van der Waals surface area contributed by atoms with E-state index in [-0.39, 0.29) is 12.5 Å². The first-order valence-electron chi connectivity index (χ1n) is 6.77. The molecule has 0 spiro atoms. The van der Waals surface area contributed by atoms with Gasteiger partial charge in [0.2, 0.25) is 5.91 Å². The molecule has 1 saturated heterocycles. The molecule has 1 aliphatic heterocycles. The fourth-order valence-corrected chi connectivity index (χ4v) is 2.59. The molecule has 1 aromatic rings. The average Bonchev–Trinajstić information content (AvgIpc) is 2.75. The van der Waals surface area contributed by atoms with Crippen molar-refractivity contribution in [3.8, 4) is 0 Å². The van der Waals surface area contributed by atoms with E-state index in [0.717, 1.165) is 17.7 Å². The number of benzene rings is 1. The summed E-state index contributed by atoms with van der Waals surface area (Å²) in [7, 11) is 0. The van der Waals surface area contributed by atoms with E-state index in [4.69, 9.17) is 0 Å². The van der Waals surface area contributed by atoms with Crippen molar-refractivity contribution in [1.82, 2.24) is 4.90 Å². The van der Waals surface area contributed by atoms with Crippen LogP contribution in [0.2, 0.25) is 0 Å². The van der Waals surface area contributed by atoms with Crippen molar-refractivity contribution in [3.05, 3.63) is 29.8 Å². The number of carbonyl (C=O) groups is 2. The molecule has 0 aromatic heterocycles. The Morgan fingerprint density at radius 3 is 2.75 bits per heavy atom. The zero-order valence-corrected chi connectivity index (χ0v) is 11.8. The predicted octanol–water partition coefficient (Wildman–Crippen LogP) is 1.87. The van der Waals surface area contributed by atoms with Crippen LogP contribution in [0.5, 0.6) is 0 Å². The highest BCUT2D eigenvalue weighted by Gasteiger charge is 2.43. The lowest BCUT2D eigenvalue weighted by atomic mass is 9.99. The Labute approximate surface area is 118 Å². The molecule has 5 heteroatoms. The molecule has 1 amide bonds. The van der Waals surface area contributed by atoms with Crippen molar-refractivity contribution in [2.24, 2.45) is 0 Å². The first kappa shape index (κ1) is 14.5. The van der Waals surface area contributed by atoms with Gasteiger partial charge in [-0.2, -0.15) is 0 Å². The number of hydrogen-bond donors (Lipinski definition) is 2. The number of aryl methyl sites for hydroxylation is 1. The maximum Gasteiger partial charge on any atom is 0.323 e. The van der Waals surface area contributed by atoms with Gasteiger partial charge in [0, 0.05) is 5.69 Å². The summed E-state index contributed by atoms with van der Waals surface area (Å²) in [6.45, 7) is 4.36. The minimum Gasteiger partial charge on any atom is -0.480 e. The number of likely N-dealkylation sites (tertiary alicyclic amines) is 1. The molecule has 1 atom stereocenters. The van der Waals surface area contributed by atoms with E-state index in [0.29, 0.717) is 13.0 Å². The molecule has 1 unspecified atom stereocenters. The minimum atomic E-state index is -0.928. The Morgan fingerprint density at radius 1 is 1.40 bits per heavy atom. The van der Waals surface area contributed by atoms with Gasteiger partial charge in [-0.1, -0.05) is 18.2 Å². The summed E-state index contributed by atoms with van der Waals surface area (Å²) in [5, 5.41) is 12.2. The Hall–Kier alpha value is -1.88. The molecule has 1 fully saturated rings. The molecular formula is C15H20N2O3. The van der Waals surface area contributed by atoms with Gasteiger partial charge in [-0.05, 0) is 44.9 Å². The van der Waals surface area contributed by atoms with E-state index in [2.05, 4.69) is 5.32 Å². The van der Waals surface area contributed by atoms with Crippen LogP contribution in [0, 0.1) is 6.92 Å². The van der Waals surface area contributed by atoms with E-state index in [1.165, 1.54) is 0 Å². The summed E-state index contributed by atoms with van der Waals surface area (Å²) in [5.74, 6) is -1.03. The number of aliphatic carboxylic acids is 1. The largest absolute Gasteiger partial charge is 0.480 e. The van der Waals surface area contributed by atoms with Gasteiger partial charge in [-0.3, -0.25) is 14.5 Å². The number of amides is 1. The van der Waals surface area contributed by atoms with Gasteiger partial charge < -0.3 is 10.4 Å². The number of carbonyl (C=O) groups excluding carboxylic acids is 1. The first-order valence-corrected chi connectivity index (χ1v) is 6.77.